The number of carbonyl (C=O) groups excluding carboxylic acids is 2. The second-order valence-electron chi connectivity index (χ2n) is 7.53. The first-order chi connectivity index (χ1) is 15.3. The summed E-state index contributed by atoms with van der Waals surface area (Å²) in [4.78, 5) is 37.4. The quantitative estimate of drug-likeness (QED) is 0.426. The minimum Gasteiger partial charge on any atom is -0.322 e. The van der Waals surface area contributed by atoms with Crippen LogP contribution in [0.4, 0.5) is 17.1 Å². The fourth-order valence-electron chi connectivity index (χ4n) is 3.62. The van der Waals surface area contributed by atoms with E-state index in [4.69, 9.17) is 0 Å². The van der Waals surface area contributed by atoms with Gasteiger partial charge in [-0.25, -0.2) is 0 Å². The van der Waals surface area contributed by atoms with E-state index in [9.17, 15) is 19.7 Å². The fourth-order valence-corrected chi connectivity index (χ4v) is 4.79. The Morgan fingerprint density at radius 1 is 1.09 bits per heavy atom. The third-order valence-electron chi connectivity index (χ3n) is 5.48. The van der Waals surface area contributed by atoms with Crippen LogP contribution >= 0.6 is 11.8 Å². The summed E-state index contributed by atoms with van der Waals surface area (Å²) in [7, 11) is 0. The third kappa shape index (κ3) is 4.22. The summed E-state index contributed by atoms with van der Waals surface area (Å²) in [5, 5.41) is 13.5. The van der Waals surface area contributed by atoms with E-state index >= 15 is 0 Å². The first-order valence-corrected chi connectivity index (χ1v) is 11.1. The second kappa shape index (κ2) is 8.84. The Morgan fingerprint density at radius 3 is 2.53 bits per heavy atom. The number of thioether (sulfide) groups is 1. The number of benzene rings is 3. The van der Waals surface area contributed by atoms with Gasteiger partial charge in [0, 0.05) is 29.1 Å². The topological polar surface area (TPSA) is 92.6 Å². The van der Waals surface area contributed by atoms with Crippen LogP contribution in [0, 0.1) is 24.0 Å². The van der Waals surface area contributed by atoms with Crippen molar-refractivity contribution in [3.05, 3.63) is 99.1 Å². The number of carbonyl (C=O) groups is 2. The van der Waals surface area contributed by atoms with Gasteiger partial charge in [0.15, 0.2) is 0 Å². The van der Waals surface area contributed by atoms with Crippen molar-refractivity contribution in [1.29, 1.82) is 0 Å². The maximum atomic E-state index is 12.7. The van der Waals surface area contributed by atoms with Crippen molar-refractivity contribution < 1.29 is 14.5 Å². The number of hydrogen-bond donors (Lipinski definition) is 1. The zero-order valence-corrected chi connectivity index (χ0v) is 18.4. The average Bonchev–Trinajstić information content (AvgIpc) is 3.17. The van der Waals surface area contributed by atoms with E-state index in [1.165, 1.54) is 24.3 Å². The van der Waals surface area contributed by atoms with E-state index in [0.717, 1.165) is 22.4 Å². The highest BCUT2D eigenvalue weighted by molar-refractivity contribution is 8.00. The third-order valence-corrected chi connectivity index (χ3v) is 6.69. The van der Waals surface area contributed by atoms with Gasteiger partial charge in [0.2, 0.25) is 5.91 Å². The molecule has 0 radical (unpaired) electrons. The molecule has 1 saturated heterocycles. The molecule has 1 atom stereocenters. The fraction of sp³-hybridized carbons (Fsp3) is 0.167. The molecule has 0 unspecified atom stereocenters. The molecule has 0 saturated carbocycles. The molecule has 1 heterocycles. The lowest BCUT2D eigenvalue weighted by Gasteiger charge is -2.26. The molecule has 1 aliphatic rings. The average molecular weight is 448 g/mol. The van der Waals surface area contributed by atoms with Crippen LogP contribution in [-0.4, -0.2) is 22.5 Å². The monoisotopic (exact) mass is 447 g/mol. The van der Waals surface area contributed by atoms with Gasteiger partial charge in [0.1, 0.15) is 5.37 Å². The van der Waals surface area contributed by atoms with Crippen LogP contribution in [0.1, 0.15) is 32.4 Å². The molecule has 32 heavy (non-hydrogen) atoms. The highest BCUT2D eigenvalue weighted by Crippen LogP contribution is 2.43. The van der Waals surface area contributed by atoms with Crippen LogP contribution in [0.2, 0.25) is 0 Å². The smallest absolute Gasteiger partial charge is 0.270 e. The van der Waals surface area contributed by atoms with Crippen LogP contribution in [-0.2, 0) is 4.79 Å². The number of nitro groups is 1. The lowest BCUT2D eigenvalue weighted by molar-refractivity contribution is -0.384. The summed E-state index contributed by atoms with van der Waals surface area (Å²) in [6, 6.07) is 18.9. The predicted molar refractivity (Wildman–Crippen MR) is 126 cm³/mol. The van der Waals surface area contributed by atoms with E-state index in [2.05, 4.69) is 5.32 Å². The number of non-ortho nitro benzene ring substituents is 1. The zero-order valence-electron chi connectivity index (χ0n) is 17.6. The van der Waals surface area contributed by atoms with E-state index in [-0.39, 0.29) is 22.5 Å². The molecule has 7 nitrogen and oxygen atoms in total. The number of rotatable bonds is 5. The molecule has 4 rings (SSSR count). The molecule has 0 bridgehead atoms. The summed E-state index contributed by atoms with van der Waals surface area (Å²) in [5.41, 5.74) is 4.71. The van der Waals surface area contributed by atoms with Gasteiger partial charge >= 0.3 is 0 Å². The lowest BCUT2D eigenvalue weighted by atomic mass is 10.1. The molecule has 3 aromatic carbocycles. The maximum Gasteiger partial charge on any atom is 0.270 e. The number of nitro benzene ring substituents is 1. The number of nitrogens with zero attached hydrogens (tertiary/aromatic N) is 2. The highest BCUT2D eigenvalue weighted by atomic mass is 32.2. The second-order valence-corrected chi connectivity index (χ2v) is 8.60. The van der Waals surface area contributed by atoms with Gasteiger partial charge in [-0.1, -0.05) is 30.3 Å². The van der Waals surface area contributed by atoms with E-state index in [0.29, 0.717) is 11.4 Å². The highest BCUT2D eigenvalue weighted by Gasteiger charge is 2.34. The van der Waals surface area contributed by atoms with Crippen LogP contribution in [0.5, 0.6) is 0 Å². The Labute approximate surface area is 189 Å². The van der Waals surface area contributed by atoms with E-state index < -0.39 is 10.8 Å². The van der Waals surface area contributed by atoms with Crippen LogP contribution in [0.3, 0.4) is 0 Å². The van der Waals surface area contributed by atoms with Crippen LogP contribution in [0.15, 0.2) is 66.7 Å². The molecule has 0 aromatic heterocycles. The Hall–Kier alpha value is -3.65. The number of amides is 2. The minimum absolute atomic E-state index is 0.0664. The molecular weight excluding hydrogens is 426 g/mol. The van der Waals surface area contributed by atoms with Crippen molar-refractivity contribution in [3.8, 4) is 0 Å². The van der Waals surface area contributed by atoms with Crippen molar-refractivity contribution in [1.82, 2.24) is 0 Å². The number of nitrogens with one attached hydrogen (secondary N) is 1. The van der Waals surface area contributed by atoms with Gasteiger partial charge in [-0.3, -0.25) is 24.6 Å². The lowest BCUT2D eigenvalue weighted by Crippen LogP contribution is -2.28. The van der Waals surface area contributed by atoms with Gasteiger partial charge < -0.3 is 5.32 Å². The van der Waals surface area contributed by atoms with Crippen molar-refractivity contribution in [2.45, 2.75) is 19.2 Å². The molecule has 1 aliphatic heterocycles. The van der Waals surface area contributed by atoms with Crippen LogP contribution < -0.4 is 10.2 Å². The summed E-state index contributed by atoms with van der Waals surface area (Å²) < 4.78 is 0. The van der Waals surface area contributed by atoms with Crippen molar-refractivity contribution in [2.24, 2.45) is 0 Å². The Bertz CT molecular complexity index is 1210. The number of aryl methyl sites for hydroxylation is 1. The summed E-state index contributed by atoms with van der Waals surface area (Å²) in [6.45, 7) is 4.05. The molecule has 8 heteroatoms. The molecule has 0 aliphatic carbocycles. The van der Waals surface area contributed by atoms with Gasteiger partial charge in [-0.2, -0.15) is 0 Å². The maximum absolute atomic E-state index is 12.7. The molecule has 2 amide bonds. The normalized spacial score (nSPS) is 15.6. The largest absolute Gasteiger partial charge is 0.322 e. The molecule has 3 aromatic rings. The molecule has 0 spiro atoms. The first kappa shape index (κ1) is 21.6. The number of anilines is 2. The minimum atomic E-state index is -0.534. The van der Waals surface area contributed by atoms with Crippen molar-refractivity contribution in [2.75, 3.05) is 16.0 Å². The zero-order chi connectivity index (χ0) is 22.8. The molecule has 162 valence electrons. The van der Waals surface area contributed by atoms with Crippen molar-refractivity contribution in [3.63, 3.8) is 0 Å². The van der Waals surface area contributed by atoms with Gasteiger partial charge in [-0.05, 0) is 54.8 Å². The number of hydrogen-bond acceptors (Lipinski definition) is 5. The van der Waals surface area contributed by atoms with Gasteiger partial charge in [-0.15, -0.1) is 11.8 Å². The van der Waals surface area contributed by atoms with Crippen molar-refractivity contribution >= 4 is 40.6 Å². The standard InChI is InChI=1S/C24H21N3O4S/c1-15-5-3-8-21(16(15)2)26-22(28)14-32-24(26)17-9-11-19(12-10-17)25-23(29)18-6-4-7-20(13-18)27(30)31/h3-13,24H,14H2,1-2H3,(H,25,29)/t24-/m0/s1. The van der Waals surface area contributed by atoms with E-state index in [1.54, 1.807) is 23.9 Å². The molecular formula is C24H21N3O4S. The first-order valence-electron chi connectivity index (χ1n) is 10.0. The summed E-state index contributed by atoms with van der Waals surface area (Å²) in [6.07, 6.45) is 0. The SMILES string of the molecule is Cc1cccc(N2C(=O)CS[C@H]2c2ccc(NC(=O)c3cccc([N+](=O)[O-])c3)cc2)c1C. The Morgan fingerprint density at radius 2 is 1.81 bits per heavy atom. The van der Waals surface area contributed by atoms with Crippen LogP contribution in [0.25, 0.3) is 0 Å². The Balaban J connectivity index is 1.54. The van der Waals surface area contributed by atoms with Gasteiger partial charge in [0.05, 0.1) is 10.7 Å². The Kier molecular flexibility index (Phi) is 5.96. The van der Waals surface area contributed by atoms with Gasteiger partial charge in [0.25, 0.3) is 11.6 Å². The van der Waals surface area contributed by atoms with E-state index in [1.807, 2.05) is 49.1 Å². The summed E-state index contributed by atoms with van der Waals surface area (Å²) >= 11 is 1.57. The predicted octanol–water partition coefficient (Wildman–Crippen LogP) is 5.24. The summed E-state index contributed by atoms with van der Waals surface area (Å²) in [5.74, 6) is 0.0455. The molecule has 1 N–H and O–H groups in total. The molecule has 1 fully saturated rings.